The van der Waals surface area contributed by atoms with Gasteiger partial charge >= 0.3 is 12.0 Å². The van der Waals surface area contributed by atoms with Gasteiger partial charge in [0.05, 0.1) is 6.61 Å². The fourth-order valence-corrected chi connectivity index (χ4v) is 1.62. The van der Waals surface area contributed by atoms with E-state index in [1.807, 2.05) is 6.92 Å². The summed E-state index contributed by atoms with van der Waals surface area (Å²) in [6.45, 7) is 2.19. The molecule has 8 nitrogen and oxygen atoms in total. The van der Waals surface area contributed by atoms with Crippen molar-refractivity contribution in [3.05, 3.63) is 0 Å². The van der Waals surface area contributed by atoms with E-state index >= 15 is 0 Å². The summed E-state index contributed by atoms with van der Waals surface area (Å²) < 4.78 is 4.88. The number of carboxylic acid groups (broad SMARTS) is 1. The number of hydrogen-bond donors (Lipinski definition) is 1. The summed E-state index contributed by atoms with van der Waals surface area (Å²) >= 11 is 0. The maximum Gasteiger partial charge on any atom is 0.323 e. The highest BCUT2D eigenvalue weighted by Gasteiger charge is 2.24. The molecule has 8 heteroatoms. The highest BCUT2D eigenvalue weighted by atomic mass is 16.5. The zero-order valence-electron chi connectivity index (χ0n) is 13.2. The van der Waals surface area contributed by atoms with Crippen molar-refractivity contribution in [1.82, 2.24) is 14.7 Å². The van der Waals surface area contributed by atoms with Crippen LogP contribution in [0.2, 0.25) is 0 Å². The summed E-state index contributed by atoms with van der Waals surface area (Å²) in [5.74, 6) is -1.31. The molecule has 0 rings (SSSR count). The third-order valence-corrected chi connectivity index (χ3v) is 2.75. The summed E-state index contributed by atoms with van der Waals surface area (Å²) in [6.07, 6.45) is 0.678. The second-order valence-corrected chi connectivity index (χ2v) is 4.80. The van der Waals surface area contributed by atoms with E-state index in [1.165, 1.54) is 21.8 Å². The van der Waals surface area contributed by atoms with Crippen LogP contribution >= 0.6 is 0 Å². The van der Waals surface area contributed by atoms with Crippen molar-refractivity contribution in [3.8, 4) is 0 Å². The topological polar surface area (TPSA) is 90.4 Å². The van der Waals surface area contributed by atoms with Gasteiger partial charge in [-0.2, -0.15) is 0 Å². The quantitative estimate of drug-likeness (QED) is 0.644. The van der Waals surface area contributed by atoms with Crippen molar-refractivity contribution in [2.45, 2.75) is 13.3 Å². The normalized spacial score (nSPS) is 10.1. The lowest BCUT2D eigenvalue weighted by Gasteiger charge is -2.29. The zero-order valence-corrected chi connectivity index (χ0v) is 13.2. The van der Waals surface area contributed by atoms with E-state index in [9.17, 15) is 14.4 Å². The summed E-state index contributed by atoms with van der Waals surface area (Å²) in [5.41, 5.74) is 0. The number of urea groups is 1. The van der Waals surface area contributed by atoms with Crippen molar-refractivity contribution in [2.75, 3.05) is 54.0 Å². The van der Waals surface area contributed by atoms with E-state index in [1.54, 1.807) is 14.1 Å². The Bertz CT molecular complexity index is 360. The molecule has 0 atom stereocenters. The Hall–Kier alpha value is -1.83. The van der Waals surface area contributed by atoms with E-state index in [-0.39, 0.29) is 25.6 Å². The Morgan fingerprint density at radius 1 is 1.05 bits per heavy atom. The maximum atomic E-state index is 12.4. The molecule has 0 radical (unpaired) electrons. The van der Waals surface area contributed by atoms with Crippen molar-refractivity contribution >= 4 is 17.9 Å². The largest absolute Gasteiger partial charge is 0.480 e. The fraction of sp³-hybridized carbons (Fsp3) is 0.769. The molecule has 0 fully saturated rings. The molecule has 0 spiro atoms. The van der Waals surface area contributed by atoms with Crippen LogP contribution in [-0.2, 0) is 14.3 Å². The van der Waals surface area contributed by atoms with Crippen LogP contribution in [0.4, 0.5) is 4.79 Å². The number of aliphatic carboxylic acids is 1. The molecule has 0 heterocycles. The van der Waals surface area contributed by atoms with Crippen LogP contribution in [0.3, 0.4) is 0 Å². The Balaban J connectivity index is 4.91. The van der Waals surface area contributed by atoms with Gasteiger partial charge in [-0.3, -0.25) is 9.59 Å². The van der Waals surface area contributed by atoms with E-state index in [0.29, 0.717) is 13.0 Å². The zero-order chi connectivity index (χ0) is 16.4. The van der Waals surface area contributed by atoms with Gasteiger partial charge in [0.2, 0.25) is 5.91 Å². The number of carbonyl (C=O) groups excluding carboxylic acids is 2. The minimum absolute atomic E-state index is 0.0667. The second-order valence-electron chi connectivity index (χ2n) is 4.80. The van der Waals surface area contributed by atoms with Crippen molar-refractivity contribution < 1.29 is 24.2 Å². The van der Waals surface area contributed by atoms with Crippen LogP contribution in [0.25, 0.3) is 0 Å². The number of carboxylic acids is 1. The molecule has 0 bridgehead atoms. The smallest absolute Gasteiger partial charge is 0.323 e. The van der Waals surface area contributed by atoms with Crippen LogP contribution in [0, 0.1) is 0 Å². The van der Waals surface area contributed by atoms with E-state index < -0.39 is 18.5 Å². The molecular formula is C13H25N3O5. The van der Waals surface area contributed by atoms with Gasteiger partial charge < -0.3 is 24.5 Å². The first kappa shape index (κ1) is 19.2. The minimum atomic E-state index is -1.10. The summed E-state index contributed by atoms with van der Waals surface area (Å²) in [6, 6.07) is -0.466. The lowest BCUT2D eigenvalue weighted by Crippen LogP contribution is -2.49. The molecule has 0 aliphatic carbocycles. The predicted molar refractivity (Wildman–Crippen MR) is 77.0 cm³/mol. The van der Waals surface area contributed by atoms with Crippen LogP contribution < -0.4 is 0 Å². The van der Waals surface area contributed by atoms with Crippen molar-refractivity contribution in [2.24, 2.45) is 0 Å². The van der Waals surface area contributed by atoms with Crippen LogP contribution in [0.15, 0.2) is 0 Å². The minimum Gasteiger partial charge on any atom is -0.480 e. The number of ether oxygens (including phenoxy) is 1. The average Bonchev–Trinajstić information content (AvgIpc) is 2.41. The average molecular weight is 303 g/mol. The molecule has 21 heavy (non-hydrogen) atoms. The van der Waals surface area contributed by atoms with Gasteiger partial charge in [0.25, 0.3) is 0 Å². The van der Waals surface area contributed by atoms with Crippen molar-refractivity contribution in [3.63, 3.8) is 0 Å². The van der Waals surface area contributed by atoms with Gasteiger partial charge in [-0.15, -0.1) is 0 Å². The molecule has 3 amide bonds. The Morgan fingerprint density at radius 2 is 1.62 bits per heavy atom. The first-order chi connectivity index (χ1) is 9.83. The number of amides is 3. The highest BCUT2D eigenvalue weighted by molar-refractivity contribution is 5.85. The molecule has 0 unspecified atom stereocenters. The van der Waals surface area contributed by atoms with E-state index in [2.05, 4.69) is 0 Å². The number of likely N-dealkylation sites (N-methyl/N-ethyl adjacent to an activating group) is 1. The third kappa shape index (κ3) is 7.50. The Labute approximate surface area is 125 Å². The number of rotatable bonds is 9. The molecule has 0 aromatic rings. The third-order valence-electron chi connectivity index (χ3n) is 2.75. The Kier molecular flexibility index (Phi) is 9.11. The summed E-state index contributed by atoms with van der Waals surface area (Å²) in [7, 11) is 4.69. The summed E-state index contributed by atoms with van der Waals surface area (Å²) in [4.78, 5) is 38.9. The molecule has 0 aliphatic rings. The van der Waals surface area contributed by atoms with Crippen LogP contribution in [0.5, 0.6) is 0 Å². The predicted octanol–water partition coefficient (Wildman–Crippen LogP) is -0.0604. The van der Waals surface area contributed by atoms with Gasteiger partial charge in [0.15, 0.2) is 0 Å². The SMILES string of the molecule is CCCN(CC(=O)N(C)C)C(=O)N(CCOC)CC(=O)O. The number of nitrogens with zero attached hydrogens (tertiary/aromatic N) is 3. The highest BCUT2D eigenvalue weighted by Crippen LogP contribution is 2.02. The molecule has 122 valence electrons. The molecule has 0 saturated heterocycles. The number of carbonyl (C=O) groups is 3. The van der Waals surface area contributed by atoms with Crippen LogP contribution in [0.1, 0.15) is 13.3 Å². The number of methoxy groups -OCH3 is 1. The molecule has 0 aliphatic heterocycles. The molecular weight excluding hydrogens is 278 g/mol. The monoisotopic (exact) mass is 303 g/mol. The lowest BCUT2D eigenvalue weighted by molar-refractivity contribution is -0.137. The first-order valence-corrected chi connectivity index (χ1v) is 6.78. The molecule has 0 aromatic heterocycles. The number of hydrogen-bond acceptors (Lipinski definition) is 4. The van der Waals surface area contributed by atoms with E-state index in [4.69, 9.17) is 9.84 Å². The molecule has 0 saturated carbocycles. The van der Waals surface area contributed by atoms with E-state index in [0.717, 1.165) is 0 Å². The lowest BCUT2D eigenvalue weighted by atomic mass is 10.3. The fourth-order valence-electron chi connectivity index (χ4n) is 1.62. The molecule has 0 aromatic carbocycles. The van der Waals surface area contributed by atoms with Gasteiger partial charge in [-0.05, 0) is 6.42 Å². The standard InChI is InChI=1S/C13H25N3O5/c1-5-6-15(9-11(17)14(2)3)13(20)16(7-8-21-4)10-12(18)19/h5-10H2,1-4H3,(H,18,19). The van der Waals surface area contributed by atoms with Crippen molar-refractivity contribution in [1.29, 1.82) is 0 Å². The second kappa shape index (κ2) is 9.98. The maximum absolute atomic E-state index is 12.4. The van der Waals surface area contributed by atoms with Gasteiger partial charge in [0.1, 0.15) is 13.1 Å². The van der Waals surface area contributed by atoms with Gasteiger partial charge in [-0.1, -0.05) is 6.92 Å². The summed E-state index contributed by atoms with van der Waals surface area (Å²) in [5, 5.41) is 8.89. The van der Waals surface area contributed by atoms with Crippen LogP contribution in [-0.4, -0.2) is 91.7 Å². The first-order valence-electron chi connectivity index (χ1n) is 6.78. The molecule has 1 N–H and O–H groups in total. The Morgan fingerprint density at radius 3 is 2.05 bits per heavy atom. The van der Waals surface area contributed by atoms with Gasteiger partial charge in [-0.25, -0.2) is 4.79 Å². The van der Waals surface area contributed by atoms with Gasteiger partial charge in [0, 0.05) is 34.3 Å².